The number of piperazine rings is 1. The third-order valence-electron chi connectivity index (χ3n) is 5.76. The first kappa shape index (κ1) is 14.8. The summed E-state index contributed by atoms with van der Waals surface area (Å²) in [4.78, 5) is 2.69. The van der Waals surface area contributed by atoms with Gasteiger partial charge >= 0.3 is 0 Å². The molecule has 2 saturated heterocycles. The number of hydrogen-bond acceptors (Lipinski definition) is 3. The lowest BCUT2D eigenvalue weighted by Gasteiger charge is -2.52. The second-order valence-electron chi connectivity index (χ2n) is 8.78. The van der Waals surface area contributed by atoms with Gasteiger partial charge in [-0.25, -0.2) is 0 Å². The van der Waals surface area contributed by atoms with Crippen LogP contribution in [-0.2, 0) is 4.74 Å². The fourth-order valence-corrected chi connectivity index (χ4v) is 3.95. The Labute approximate surface area is 124 Å². The van der Waals surface area contributed by atoms with Gasteiger partial charge in [0.1, 0.15) is 0 Å². The van der Waals surface area contributed by atoms with Crippen molar-refractivity contribution >= 4 is 0 Å². The predicted octanol–water partition coefficient (Wildman–Crippen LogP) is 2.80. The van der Waals surface area contributed by atoms with Gasteiger partial charge in [-0.15, -0.1) is 0 Å². The number of ether oxygens (including phenoxy) is 1. The third-order valence-corrected chi connectivity index (χ3v) is 5.76. The van der Waals surface area contributed by atoms with E-state index in [4.69, 9.17) is 4.74 Å². The van der Waals surface area contributed by atoms with E-state index in [2.05, 4.69) is 44.8 Å². The molecule has 3 rings (SSSR count). The summed E-state index contributed by atoms with van der Waals surface area (Å²) in [5.41, 5.74) is 0.650. The van der Waals surface area contributed by atoms with Crippen LogP contribution in [0.5, 0.6) is 0 Å². The van der Waals surface area contributed by atoms with Gasteiger partial charge in [-0.3, -0.25) is 4.90 Å². The van der Waals surface area contributed by atoms with Crippen LogP contribution in [0.25, 0.3) is 0 Å². The fourth-order valence-electron chi connectivity index (χ4n) is 3.95. The molecule has 0 aromatic carbocycles. The van der Waals surface area contributed by atoms with E-state index in [1.54, 1.807) is 0 Å². The van der Waals surface area contributed by atoms with Crippen LogP contribution in [-0.4, -0.2) is 47.3 Å². The molecule has 0 spiro atoms. The molecular weight excluding hydrogens is 248 g/mol. The number of rotatable bonds is 3. The molecule has 2 atom stereocenters. The van der Waals surface area contributed by atoms with Gasteiger partial charge in [0.25, 0.3) is 0 Å². The standard InChI is InChI=1S/C17H32N2O/c1-15(2)11-18-17(5,13-6-7-13)12-19(15)10-14-8-9-16(3,4)20-14/h13-14,18H,6-12H2,1-5H3. The summed E-state index contributed by atoms with van der Waals surface area (Å²) in [5, 5.41) is 3.84. The van der Waals surface area contributed by atoms with Crippen molar-refractivity contribution in [1.29, 1.82) is 0 Å². The summed E-state index contributed by atoms with van der Waals surface area (Å²) >= 11 is 0. The van der Waals surface area contributed by atoms with Gasteiger partial charge in [0.15, 0.2) is 0 Å². The van der Waals surface area contributed by atoms with E-state index in [1.165, 1.54) is 32.2 Å². The molecule has 3 heteroatoms. The van der Waals surface area contributed by atoms with Gasteiger partial charge < -0.3 is 10.1 Å². The van der Waals surface area contributed by atoms with Crippen LogP contribution in [0.4, 0.5) is 0 Å². The molecule has 1 saturated carbocycles. The lowest BCUT2D eigenvalue weighted by atomic mass is 9.86. The Morgan fingerprint density at radius 1 is 1.10 bits per heavy atom. The molecule has 2 aliphatic heterocycles. The van der Waals surface area contributed by atoms with E-state index in [9.17, 15) is 0 Å². The van der Waals surface area contributed by atoms with Crippen molar-refractivity contribution < 1.29 is 4.74 Å². The van der Waals surface area contributed by atoms with Crippen LogP contribution in [0.2, 0.25) is 0 Å². The zero-order chi connectivity index (χ0) is 14.6. The Hall–Kier alpha value is -0.120. The van der Waals surface area contributed by atoms with Crippen LogP contribution in [0.15, 0.2) is 0 Å². The maximum Gasteiger partial charge on any atom is 0.0710 e. The van der Waals surface area contributed by atoms with E-state index in [0.29, 0.717) is 11.6 Å². The lowest BCUT2D eigenvalue weighted by Crippen LogP contribution is -2.68. The maximum absolute atomic E-state index is 6.23. The largest absolute Gasteiger partial charge is 0.371 e. The van der Waals surface area contributed by atoms with Crippen LogP contribution >= 0.6 is 0 Å². The van der Waals surface area contributed by atoms with Crippen molar-refractivity contribution in [2.24, 2.45) is 5.92 Å². The van der Waals surface area contributed by atoms with Gasteiger partial charge in [-0.1, -0.05) is 0 Å². The van der Waals surface area contributed by atoms with E-state index in [1.807, 2.05) is 0 Å². The molecule has 0 bridgehead atoms. The van der Waals surface area contributed by atoms with Crippen molar-refractivity contribution in [3.8, 4) is 0 Å². The fraction of sp³-hybridized carbons (Fsp3) is 1.00. The summed E-state index contributed by atoms with van der Waals surface area (Å²) in [6, 6.07) is 0. The molecule has 1 N–H and O–H groups in total. The van der Waals surface area contributed by atoms with E-state index >= 15 is 0 Å². The Bertz CT molecular complexity index is 375. The highest BCUT2D eigenvalue weighted by Gasteiger charge is 2.48. The van der Waals surface area contributed by atoms with E-state index in [0.717, 1.165) is 19.0 Å². The smallest absolute Gasteiger partial charge is 0.0710 e. The normalized spacial score (nSPS) is 41.0. The van der Waals surface area contributed by atoms with Crippen LogP contribution in [0, 0.1) is 5.92 Å². The highest BCUT2D eigenvalue weighted by atomic mass is 16.5. The first-order chi connectivity index (χ1) is 9.20. The summed E-state index contributed by atoms with van der Waals surface area (Å²) in [5.74, 6) is 0.891. The van der Waals surface area contributed by atoms with Crippen molar-refractivity contribution in [2.75, 3.05) is 19.6 Å². The molecule has 116 valence electrons. The average Bonchev–Trinajstić information content (AvgIpc) is 3.12. The third kappa shape index (κ3) is 2.90. The summed E-state index contributed by atoms with van der Waals surface area (Å²) < 4.78 is 6.23. The number of hydrogen-bond donors (Lipinski definition) is 1. The van der Waals surface area contributed by atoms with Crippen molar-refractivity contribution in [2.45, 2.75) is 83.1 Å². The Morgan fingerprint density at radius 3 is 2.35 bits per heavy atom. The quantitative estimate of drug-likeness (QED) is 0.860. The topological polar surface area (TPSA) is 24.5 Å². The molecule has 3 aliphatic rings. The SMILES string of the molecule is CC1(C)CCC(CN2CC(C)(C3CC3)NCC2(C)C)O1. The molecule has 2 heterocycles. The first-order valence-electron chi connectivity index (χ1n) is 8.38. The number of nitrogens with zero attached hydrogens (tertiary/aromatic N) is 1. The van der Waals surface area contributed by atoms with Gasteiger partial charge in [0, 0.05) is 30.7 Å². The van der Waals surface area contributed by atoms with Crippen molar-refractivity contribution in [3.63, 3.8) is 0 Å². The minimum atomic E-state index is 0.0860. The Morgan fingerprint density at radius 2 is 1.80 bits per heavy atom. The second-order valence-corrected chi connectivity index (χ2v) is 8.78. The highest BCUT2D eigenvalue weighted by molar-refractivity contribution is 5.07. The van der Waals surface area contributed by atoms with Crippen molar-refractivity contribution in [1.82, 2.24) is 10.2 Å². The highest BCUT2D eigenvalue weighted by Crippen LogP contribution is 2.43. The average molecular weight is 280 g/mol. The summed E-state index contributed by atoms with van der Waals surface area (Å²) in [6.45, 7) is 15.0. The molecule has 0 aromatic rings. The van der Waals surface area contributed by atoms with Crippen molar-refractivity contribution in [3.05, 3.63) is 0 Å². The minimum absolute atomic E-state index is 0.0860. The number of nitrogens with one attached hydrogen (secondary N) is 1. The van der Waals surface area contributed by atoms with Crippen LogP contribution < -0.4 is 5.32 Å². The lowest BCUT2D eigenvalue weighted by molar-refractivity contribution is -0.0583. The molecule has 20 heavy (non-hydrogen) atoms. The summed E-state index contributed by atoms with van der Waals surface area (Å²) in [6.07, 6.45) is 5.65. The Kier molecular flexibility index (Phi) is 3.47. The monoisotopic (exact) mass is 280 g/mol. The molecule has 3 nitrogen and oxygen atoms in total. The van der Waals surface area contributed by atoms with E-state index < -0.39 is 0 Å². The second kappa shape index (κ2) is 4.69. The molecule has 1 aliphatic carbocycles. The molecular formula is C17H32N2O. The molecule has 0 radical (unpaired) electrons. The van der Waals surface area contributed by atoms with Gasteiger partial charge in [0.2, 0.25) is 0 Å². The zero-order valence-electron chi connectivity index (χ0n) is 14.0. The minimum Gasteiger partial charge on any atom is -0.371 e. The van der Waals surface area contributed by atoms with Gasteiger partial charge in [-0.05, 0) is 66.2 Å². The zero-order valence-corrected chi connectivity index (χ0v) is 14.0. The van der Waals surface area contributed by atoms with Crippen LogP contribution in [0.1, 0.15) is 60.3 Å². The predicted molar refractivity (Wildman–Crippen MR) is 83.0 cm³/mol. The first-order valence-corrected chi connectivity index (χ1v) is 8.38. The molecule has 0 amide bonds. The summed E-state index contributed by atoms with van der Waals surface area (Å²) in [7, 11) is 0. The molecule has 2 unspecified atom stereocenters. The molecule has 3 fully saturated rings. The molecule has 0 aromatic heterocycles. The maximum atomic E-state index is 6.23. The van der Waals surface area contributed by atoms with Gasteiger partial charge in [0.05, 0.1) is 11.7 Å². The van der Waals surface area contributed by atoms with Gasteiger partial charge in [-0.2, -0.15) is 0 Å². The van der Waals surface area contributed by atoms with E-state index in [-0.39, 0.29) is 11.1 Å². The Balaban J connectivity index is 1.66. The van der Waals surface area contributed by atoms with Crippen LogP contribution in [0.3, 0.4) is 0 Å².